The van der Waals surface area contributed by atoms with Gasteiger partial charge in [0, 0.05) is 85.7 Å². The van der Waals surface area contributed by atoms with Crippen molar-refractivity contribution in [3.05, 3.63) is 367 Å². The zero-order valence-electron chi connectivity index (χ0n) is 74.9. The monoisotopic (exact) mass is 1280 g/mol. The molecule has 5 heteroatoms. The third-order valence-corrected chi connectivity index (χ3v) is 19.7. The largest absolute Gasteiger partial charge is 0.342 e. The molecule has 0 bridgehead atoms. The zero-order chi connectivity index (χ0) is 83.7. The highest BCUT2D eigenvalue weighted by atomic mass is 15.2. The van der Waals surface area contributed by atoms with Crippen LogP contribution in [-0.2, 0) is 24.8 Å². The molecule has 0 fully saturated rings. The Labute approximate surface area is 604 Å². The molecule has 14 aromatic carbocycles. The molecule has 0 saturated carbocycles. The first kappa shape index (κ1) is 40.7. The molecule has 2 aliphatic heterocycles. The van der Waals surface area contributed by atoms with E-state index in [-0.39, 0.29) is 79.9 Å². The molecule has 18 rings (SSSR count). The van der Waals surface area contributed by atoms with Gasteiger partial charge in [0.15, 0.2) is 0 Å². The van der Waals surface area contributed by atoms with Gasteiger partial charge in [-0.05, 0) is 174 Å². The van der Waals surface area contributed by atoms with Crippen LogP contribution in [0.1, 0.15) is 88.9 Å². The van der Waals surface area contributed by atoms with Gasteiger partial charge in [-0.2, -0.15) is 0 Å². The number of anilines is 5. The Hall–Kier alpha value is -11.7. The number of aromatic nitrogens is 2. The first-order chi connectivity index (χ1) is 57.0. The fourth-order valence-corrected chi connectivity index (χ4v) is 15.1. The molecule has 0 aliphatic carbocycles. The van der Waals surface area contributed by atoms with Crippen molar-refractivity contribution >= 4 is 95.1 Å². The summed E-state index contributed by atoms with van der Waals surface area (Å²) in [4.78, 5) is 4.70. The molecular weight excluding hydrogens is 1180 g/mol. The van der Waals surface area contributed by atoms with Crippen molar-refractivity contribution in [1.29, 1.82) is 0 Å². The molecule has 0 radical (unpaired) electrons. The third-order valence-electron chi connectivity index (χ3n) is 19.7. The fraction of sp³-hybridized carbons (Fsp3) is 0.0968. The Bertz CT molecular complexity index is 6770. The van der Waals surface area contributed by atoms with Gasteiger partial charge in [-0.3, -0.25) is 0 Å². The lowest BCUT2D eigenvalue weighted by Crippen LogP contribution is -2.62. The Kier molecular flexibility index (Phi) is 10.1. The number of fused-ring (bicyclic) bond motifs is 10. The van der Waals surface area contributed by atoms with E-state index >= 15 is 0 Å². The number of rotatable bonds is 14. The van der Waals surface area contributed by atoms with Gasteiger partial charge in [0.2, 0.25) is 0 Å². The van der Waals surface area contributed by atoms with E-state index in [0.29, 0.717) is 29.8 Å². The number of benzene rings is 14. The van der Waals surface area contributed by atoms with Crippen LogP contribution >= 0.6 is 0 Å². The summed E-state index contributed by atoms with van der Waals surface area (Å²) in [6, 6.07) is 58.6. The van der Waals surface area contributed by atoms with Crippen molar-refractivity contribution in [3.8, 4) is 39.1 Å². The average molecular weight is 1280 g/mol. The predicted octanol–water partition coefficient (Wildman–Crippen LogP) is 21.6. The van der Waals surface area contributed by atoms with Crippen molar-refractivity contribution in [2.75, 3.05) is 16.3 Å². The molecule has 4 nitrogen and oxygen atoms in total. The standard InChI is InChI=1S/C93H73BN4/c1-93(2,3)71-61-89-92-90(62-71)98(73-35-24-34-69(59-73)64-26-8-4-9-27-64)88-60-70(91(67-32-14-7-15-33-67)68-47-50-72(51-48-68)97-85-44-22-18-38-79(85)80-39-19-23-45-86(80)97)49-53-82(88)94(92)81-52-46-63(54-56-95-83-42-20-16-36-77(83)78-37-17-21-43-84(78)95)58-87(81)96(89)57-55-76-74(65-28-10-5-11-29-65)40-25-41-75(76)66-30-12-6-13-31-66/h4-53,58-62,91H,54-57H2,1-3H3/i7D,14D,15D,16D,17D,18D,19D,20D,21D,22D,23D,32D,33D,36D,37D,38D,39D,42D,43D,44D,45D. The molecule has 0 N–H and O–H groups in total. The van der Waals surface area contributed by atoms with Gasteiger partial charge < -0.3 is 18.9 Å². The van der Waals surface area contributed by atoms with Gasteiger partial charge in [0.1, 0.15) is 0 Å². The van der Waals surface area contributed by atoms with E-state index < -0.39 is 133 Å². The van der Waals surface area contributed by atoms with Gasteiger partial charge in [-0.1, -0.05) is 281 Å². The Balaban J connectivity index is 0.886. The summed E-state index contributed by atoms with van der Waals surface area (Å²) in [7, 11) is 0. The molecule has 0 saturated heterocycles. The van der Waals surface area contributed by atoms with Crippen LogP contribution in [0, 0.1) is 0 Å². The van der Waals surface area contributed by atoms with Gasteiger partial charge >= 0.3 is 0 Å². The van der Waals surface area contributed by atoms with E-state index in [0.717, 1.165) is 89.2 Å². The van der Waals surface area contributed by atoms with E-state index in [1.165, 1.54) is 4.57 Å². The minimum absolute atomic E-state index is 0.000612. The lowest BCUT2D eigenvalue weighted by molar-refractivity contribution is 0.590. The number of hydrogen-bond acceptors (Lipinski definition) is 2. The van der Waals surface area contributed by atoms with Crippen LogP contribution < -0.4 is 26.2 Å². The Morgan fingerprint density at radius 3 is 1.52 bits per heavy atom. The summed E-state index contributed by atoms with van der Waals surface area (Å²) in [6.45, 7) is 6.45. The molecule has 1 atom stereocenters. The maximum Gasteiger partial charge on any atom is 0.252 e. The number of aryl methyl sites for hydroxylation is 2. The summed E-state index contributed by atoms with van der Waals surface area (Å²) >= 11 is 0. The average Bonchev–Trinajstić information content (AvgIpc) is 1.56. The SMILES string of the molecule is [2H]c1c([2H])c([2H])c(C(c2ccc(-n3c4c([2H])c([2H])c([2H])c([2H])c4c4c([2H])c([2H])c([2H])c([2H])c43)cc2)c2ccc3c(c2)N(c2cccc(-c4ccccc4)c2)c2cc(C(C)(C)C)cc4c2B3c2ccc(CCn3c5c([2H])c([2H])c([2H])c([2H])c5c5c([2H])c([2H])c([2H])c([2H])c53)cc2N4CCc2c(-c3ccccc3)cccc2-c2ccccc2)c([2H])c1[2H]. The maximum atomic E-state index is 9.83. The topological polar surface area (TPSA) is 16.3 Å². The summed E-state index contributed by atoms with van der Waals surface area (Å²) in [5.74, 6) is -1.15. The highest BCUT2D eigenvalue weighted by Crippen LogP contribution is 2.47. The van der Waals surface area contributed by atoms with Crippen LogP contribution in [0.25, 0.3) is 82.7 Å². The second-order valence-corrected chi connectivity index (χ2v) is 26.2. The summed E-state index contributed by atoms with van der Waals surface area (Å²) in [5.41, 5.74) is 16.4. The molecule has 2 aromatic heterocycles. The molecule has 468 valence electrons. The van der Waals surface area contributed by atoms with Crippen molar-refractivity contribution in [2.45, 2.75) is 51.5 Å². The summed E-state index contributed by atoms with van der Waals surface area (Å²) in [5, 5.41) is -0.208. The van der Waals surface area contributed by atoms with Crippen LogP contribution in [0.4, 0.5) is 28.4 Å². The van der Waals surface area contributed by atoms with Gasteiger partial charge in [-0.25, -0.2) is 0 Å². The summed E-state index contributed by atoms with van der Waals surface area (Å²) < 4.78 is 195. The fourth-order valence-electron chi connectivity index (χ4n) is 15.1. The molecule has 0 spiro atoms. The van der Waals surface area contributed by atoms with Crippen LogP contribution in [0.5, 0.6) is 0 Å². The van der Waals surface area contributed by atoms with E-state index in [1.807, 2.05) is 78.9 Å². The zero-order valence-corrected chi connectivity index (χ0v) is 53.9. The molecule has 1 unspecified atom stereocenters. The van der Waals surface area contributed by atoms with Crippen LogP contribution in [-0.4, -0.2) is 22.4 Å². The van der Waals surface area contributed by atoms with E-state index in [2.05, 4.69) is 134 Å². The minimum atomic E-state index is -1.15. The first-order valence-electron chi connectivity index (χ1n) is 43.6. The molecular formula is C93H73BN4. The molecule has 0 amide bonds. The van der Waals surface area contributed by atoms with Crippen molar-refractivity contribution in [2.24, 2.45) is 0 Å². The van der Waals surface area contributed by atoms with Crippen LogP contribution in [0.2, 0.25) is 0 Å². The van der Waals surface area contributed by atoms with Gasteiger partial charge in [-0.15, -0.1) is 0 Å². The normalized spacial score (nSPS) is 15.9. The van der Waals surface area contributed by atoms with E-state index in [9.17, 15) is 13.7 Å². The van der Waals surface area contributed by atoms with Crippen molar-refractivity contribution in [3.63, 3.8) is 0 Å². The number of nitrogens with zero attached hydrogens (tertiary/aromatic N) is 4. The molecule has 2 aliphatic rings. The summed E-state index contributed by atoms with van der Waals surface area (Å²) in [6.07, 6.45) is 0.749. The predicted molar refractivity (Wildman–Crippen MR) is 416 cm³/mol. The Morgan fingerprint density at radius 1 is 0.378 bits per heavy atom. The quantitative estimate of drug-likeness (QED) is 0.0797. The second kappa shape index (κ2) is 24.2. The lowest BCUT2D eigenvalue weighted by Gasteiger charge is -2.45. The Morgan fingerprint density at radius 2 is 0.898 bits per heavy atom. The molecule has 98 heavy (non-hydrogen) atoms. The van der Waals surface area contributed by atoms with Crippen LogP contribution in [0.15, 0.2) is 333 Å². The van der Waals surface area contributed by atoms with Gasteiger partial charge in [0.25, 0.3) is 6.71 Å². The highest BCUT2D eigenvalue weighted by Gasteiger charge is 2.44. The van der Waals surface area contributed by atoms with Crippen LogP contribution in [0.3, 0.4) is 0 Å². The van der Waals surface area contributed by atoms with E-state index in [1.54, 1.807) is 28.8 Å². The third kappa shape index (κ3) is 10.1. The van der Waals surface area contributed by atoms with Gasteiger partial charge in [0.05, 0.1) is 39.8 Å². The lowest BCUT2D eigenvalue weighted by atomic mass is 9.33. The maximum absolute atomic E-state index is 9.83. The molecule has 16 aromatic rings. The van der Waals surface area contributed by atoms with E-state index in [4.69, 9.17) is 15.1 Å². The number of hydrogen-bond donors (Lipinski definition) is 0. The first-order valence-corrected chi connectivity index (χ1v) is 33.1. The minimum Gasteiger partial charge on any atom is -0.342 e. The molecule has 4 heterocycles. The smallest absolute Gasteiger partial charge is 0.252 e. The van der Waals surface area contributed by atoms with Crippen molar-refractivity contribution < 1.29 is 28.8 Å². The number of para-hydroxylation sites is 4. The van der Waals surface area contributed by atoms with Crippen molar-refractivity contribution in [1.82, 2.24) is 9.13 Å². The highest BCUT2D eigenvalue weighted by molar-refractivity contribution is 7.00. The second-order valence-electron chi connectivity index (χ2n) is 26.2.